The van der Waals surface area contributed by atoms with Gasteiger partial charge in [0.2, 0.25) is 5.88 Å². The molecule has 168 valence electrons. The molecule has 1 saturated heterocycles. The summed E-state index contributed by atoms with van der Waals surface area (Å²) >= 11 is 0. The summed E-state index contributed by atoms with van der Waals surface area (Å²) in [5, 5.41) is 6.79. The fraction of sp³-hybridized carbons (Fsp3) is 0.500. The zero-order chi connectivity index (χ0) is 20.8. The molecule has 0 amide bonds. The molecule has 2 fully saturated rings. The Balaban J connectivity index is 0.00000272. The van der Waals surface area contributed by atoms with E-state index in [-0.39, 0.29) is 41.9 Å². The van der Waals surface area contributed by atoms with Crippen LogP contribution in [0.1, 0.15) is 37.7 Å². The first-order valence-electron chi connectivity index (χ1n) is 10.7. The second-order valence-corrected chi connectivity index (χ2v) is 7.80. The van der Waals surface area contributed by atoms with Gasteiger partial charge in [-0.2, -0.15) is 0 Å². The van der Waals surface area contributed by atoms with Crippen molar-refractivity contribution < 1.29 is 9.13 Å². The van der Waals surface area contributed by atoms with Crippen LogP contribution in [0.25, 0.3) is 0 Å². The van der Waals surface area contributed by atoms with Gasteiger partial charge in [-0.3, -0.25) is 4.99 Å². The van der Waals surface area contributed by atoms with Gasteiger partial charge < -0.3 is 20.3 Å². The molecule has 1 aliphatic carbocycles. The topological polar surface area (TPSA) is 74.7 Å². The van der Waals surface area contributed by atoms with Crippen LogP contribution in [-0.4, -0.2) is 48.2 Å². The summed E-state index contributed by atoms with van der Waals surface area (Å²) in [5.41, 5.74) is 1.01. The molecule has 0 spiro atoms. The van der Waals surface area contributed by atoms with Gasteiger partial charge in [-0.1, -0.05) is 6.07 Å². The largest absolute Gasteiger partial charge is 0.474 e. The van der Waals surface area contributed by atoms with E-state index in [1.807, 2.05) is 17.0 Å². The first-order chi connectivity index (χ1) is 14.7. The van der Waals surface area contributed by atoms with Gasteiger partial charge in [-0.15, -0.1) is 24.0 Å². The van der Waals surface area contributed by atoms with Crippen LogP contribution in [-0.2, 0) is 6.54 Å². The van der Waals surface area contributed by atoms with Crippen LogP contribution in [0.3, 0.4) is 0 Å². The van der Waals surface area contributed by atoms with Crippen molar-refractivity contribution in [2.24, 2.45) is 4.99 Å². The van der Waals surface area contributed by atoms with E-state index in [2.05, 4.69) is 25.6 Å². The molecular weight excluding hydrogens is 510 g/mol. The summed E-state index contributed by atoms with van der Waals surface area (Å²) in [4.78, 5) is 14.9. The van der Waals surface area contributed by atoms with Crippen LogP contribution in [0.4, 0.5) is 10.2 Å². The minimum absolute atomic E-state index is 0. The van der Waals surface area contributed by atoms with Crippen LogP contribution >= 0.6 is 24.0 Å². The standard InChI is InChI=1S/C22H29FN6O.HI/c1-24-22(28-17-10-13-29(15-17)20-19(23)9-5-11-25-20)27-14-16-6-4-12-26-21(16)30-18-7-2-3-8-18;/h4-6,9,11-12,17-18H,2-3,7-8,10,13-15H2,1H3,(H2,24,27,28);1H. The summed E-state index contributed by atoms with van der Waals surface area (Å²) < 4.78 is 20.1. The van der Waals surface area contributed by atoms with Gasteiger partial charge in [-0.25, -0.2) is 14.4 Å². The van der Waals surface area contributed by atoms with Crippen molar-refractivity contribution in [1.82, 2.24) is 20.6 Å². The minimum atomic E-state index is -0.285. The van der Waals surface area contributed by atoms with Gasteiger partial charge in [0.25, 0.3) is 0 Å². The molecule has 1 aliphatic heterocycles. The van der Waals surface area contributed by atoms with Gasteiger partial charge in [0.05, 0.1) is 0 Å². The third-order valence-corrected chi connectivity index (χ3v) is 5.67. The van der Waals surface area contributed by atoms with Crippen molar-refractivity contribution in [3.63, 3.8) is 0 Å². The lowest BCUT2D eigenvalue weighted by Gasteiger charge is -2.20. The van der Waals surface area contributed by atoms with Crippen molar-refractivity contribution >= 4 is 35.8 Å². The second-order valence-electron chi connectivity index (χ2n) is 7.80. The Kier molecular flexibility index (Phi) is 8.68. The second kappa shape index (κ2) is 11.4. The lowest BCUT2D eigenvalue weighted by atomic mass is 10.2. The number of nitrogens with zero attached hydrogens (tertiary/aromatic N) is 4. The van der Waals surface area contributed by atoms with Crippen LogP contribution in [0.15, 0.2) is 41.7 Å². The molecule has 4 rings (SSSR count). The molecule has 31 heavy (non-hydrogen) atoms. The third kappa shape index (κ3) is 6.18. The number of hydrogen-bond donors (Lipinski definition) is 2. The maximum atomic E-state index is 14.0. The molecule has 0 radical (unpaired) electrons. The summed E-state index contributed by atoms with van der Waals surface area (Å²) in [7, 11) is 1.75. The number of nitrogens with one attached hydrogen (secondary N) is 2. The van der Waals surface area contributed by atoms with E-state index in [0.717, 1.165) is 31.4 Å². The molecule has 1 unspecified atom stereocenters. The Morgan fingerprint density at radius 2 is 1.97 bits per heavy atom. The zero-order valence-electron chi connectivity index (χ0n) is 17.8. The number of aliphatic imine (C=N–C) groups is 1. The smallest absolute Gasteiger partial charge is 0.218 e. The number of ether oxygens (including phenoxy) is 1. The van der Waals surface area contributed by atoms with Gasteiger partial charge in [0.15, 0.2) is 17.6 Å². The van der Waals surface area contributed by atoms with Gasteiger partial charge in [0.1, 0.15) is 6.10 Å². The van der Waals surface area contributed by atoms with Gasteiger partial charge >= 0.3 is 0 Å². The SMILES string of the molecule is CN=C(NCc1cccnc1OC1CCCC1)NC1CCN(c2ncccc2F)C1.I. The molecule has 2 aliphatic rings. The molecule has 1 saturated carbocycles. The minimum Gasteiger partial charge on any atom is -0.474 e. The fourth-order valence-corrected chi connectivity index (χ4v) is 4.08. The summed E-state index contributed by atoms with van der Waals surface area (Å²) in [6.07, 6.45) is 9.20. The normalized spacial score (nSPS) is 19.2. The maximum Gasteiger partial charge on any atom is 0.218 e. The van der Waals surface area contributed by atoms with E-state index < -0.39 is 0 Å². The van der Waals surface area contributed by atoms with Crippen LogP contribution in [0.5, 0.6) is 5.88 Å². The molecule has 2 aromatic heterocycles. The molecule has 7 nitrogen and oxygen atoms in total. The molecule has 3 heterocycles. The van der Waals surface area contributed by atoms with Gasteiger partial charge in [-0.05, 0) is 50.3 Å². The van der Waals surface area contributed by atoms with Gasteiger partial charge in [0, 0.05) is 50.7 Å². The highest BCUT2D eigenvalue weighted by Crippen LogP contribution is 2.25. The number of anilines is 1. The Labute approximate surface area is 199 Å². The third-order valence-electron chi connectivity index (χ3n) is 5.67. The number of guanidine groups is 1. The number of rotatable bonds is 6. The van der Waals surface area contributed by atoms with Crippen molar-refractivity contribution in [1.29, 1.82) is 0 Å². The quantitative estimate of drug-likeness (QED) is 0.332. The van der Waals surface area contributed by atoms with Crippen molar-refractivity contribution in [2.45, 2.75) is 50.8 Å². The fourth-order valence-electron chi connectivity index (χ4n) is 4.08. The number of aromatic nitrogens is 2. The number of halogens is 2. The highest BCUT2D eigenvalue weighted by Gasteiger charge is 2.26. The Morgan fingerprint density at radius 1 is 1.19 bits per heavy atom. The van der Waals surface area contributed by atoms with Crippen LogP contribution in [0.2, 0.25) is 0 Å². The van der Waals surface area contributed by atoms with Crippen molar-refractivity contribution in [3.05, 3.63) is 48.0 Å². The van der Waals surface area contributed by atoms with Crippen LogP contribution < -0.4 is 20.3 Å². The molecule has 9 heteroatoms. The Morgan fingerprint density at radius 3 is 2.74 bits per heavy atom. The van der Waals surface area contributed by atoms with E-state index in [1.54, 1.807) is 25.5 Å². The monoisotopic (exact) mass is 540 g/mol. The Hall–Kier alpha value is -2.17. The molecule has 2 aromatic rings. The average molecular weight is 540 g/mol. The summed E-state index contributed by atoms with van der Waals surface area (Å²) in [5.74, 6) is 1.53. The molecular formula is C22H30FIN6O. The maximum absolute atomic E-state index is 14.0. The van der Waals surface area contributed by atoms with Crippen molar-refractivity contribution in [3.8, 4) is 5.88 Å². The highest BCUT2D eigenvalue weighted by molar-refractivity contribution is 14.0. The molecule has 0 aromatic carbocycles. The summed E-state index contributed by atoms with van der Waals surface area (Å²) in [6, 6.07) is 7.17. The van der Waals surface area contributed by atoms with E-state index >= 15 is 0 Å². The first kappa shape index (κ1) is 23.5. The van der Waals surface area contributed by atoms with E-state index in [0.29, 0.717) is 30.7 Å². The summed E-state index contributed by atoms with van der Waals surface area (Å²) in [6.45, 7) is 2.00. The lowest BCUT2D eigenvalue weighted by Crippen LogP contribution is -2.44. The van der Waals surface area contributed by atoms with E-state index in [9.17, 15) is 4.39 Å². The highest BCUT2D eigenvalue weighted by atomic mass is 127. The first-order valence-corrected chi connectivity index (χ1v) is 10.7. The Bertz CT molecular complexity index is 877. The molecule has 2 N–H and O–H groups in total. The zero-order valence-corrected chi connectivity index (χ0v) is 20.1. The average Bonchev–Trinajstić information content (AvgIpc) is 3.44. The lowest BCUT2D eigenvalue weighted by molar-refractivity contribution is 0.199. The predicted molar refractivity (Wildman–Crippen MR) is 131 cm³/mol. The molecule has 1 atom stereocenters. The van der Waals surface area contributed by atoms with E-state index in [4.69, 9.17) is 4.74 Å². The van der Waals surface area contributed by atoms with Crippen LogP contribution in [0, 0.1) is 5.82 Å². The molecule has 0 bridgehead atoms. The van der Waals surface area contributed by atoms with Crippen molar-refractivity contribution in [2.75, 3.05) is 25.0 Å². The number of pyridine rings is 2. The van der Waals surface area contributed by atoms with E-state index in [1.165, 1.54) is 18.9 Å². The predicted octanol–water partition coefficient (Wildman–Crippen LogP) is 3.50. The number of hydrogen-bond acceptors (Lipinski definition) is 5.